The molecule has 4 nitrogen and oxygen atoms in total. The Morgan fingerprint density at radius 1 is 1.33 bits per heavy atom. The summed E-state index contributed by atoms with van der Waals surface area (Å²) in [6, 6.07) is 6.02. The molecule has 0 bridgehead atoms. The highest BCUT2D eigenvalue weighted by molar-refractivity contribution is 7.13. The van der Waals surface area contributed by atoms with Gasteiger partial charge in [0.1, 0.15) is 10.8 Å². The monoisotopic (exact) mass is 306 g/mol. The van der Waals surface area contributed by atoms with E-state index in [2.05, 4.69) is 4.98 Å². The Balaban J connectivity index is 1.86. The number of likely N-dealkylation sites (tertiary alicyclic amines) is 1. The molecule has 1 aliphatic rings. The highest BCUT2D eigenvalue weighted by atomic mass is 32.1. The van der Waals surface area contributed by atoms with Crippen molar-refractivity contribution < 1.29 is 14.3 Å². The van der Waals surface area contributed by atoms with Crippen LogP contribution in [0, 0.1) is 5.82 Å². The second-order valence-electron chi connectivity index (χ2n) is 5.07. The van der Waals surface area contributed by atoms with Gasteiger partial charge >= 0.3 is 6.09 Å². The van der Waals surface area contributed by atoms with Gasteiger partial charge in [-0.1, -0.05) is 0 Å². The van der Waals surface area contributed by atoms with Crippen LogP contribution in [-0.2, 0) is 0 Å². The highest BCUT2D eigenvalue weighted by Gasteiger charge is 2.29. The van der Waals surface area contributed by atoms with Crippen molar-refractivity contribution in [1.82, 2.24) is 9.88 Å². The van der Waals surface area contributed by atoms with Gasteiger partial charge in [0, 0.05) is 17.5 Å². The smallest absolute Gasteiger partial charge is 0.407 e. The minimum Gasteiger partial charge on any atom is -0.465 e. The summed E-state index contributed by atoms with van der Waals surface area (Å²) in [7, 11) is 0. The summed E-state index contributed by atoms with van der Waals surface area (Å²) < 4.78 is 12.9. The lowest BCUT2D eigenvalue weighted by atomic mass is 10.0. The third-order valence-electron chi connectivity index (χ3n) is 3.70. The molecule has 0 spiro atoms. The van der Waals surface area contributed by atoms with Gasteiger partial charge in [-0.2, -0.15) is 0 Å². The number of hydrogen-bond acceptors (Lipinski definition) is 3. The lowest BCUT2D eigenvalue weighted by Crippen LogP contribution is -2.37. The first-order valence-electron chi connectivity index (χ1n) is 6.86. The van der Waals surface area contributed by atoms with E-state index in [1.54, 1.807) is 12.1 Å². The number of halogens is 1. The number of carboxylic acid groups (broad SMARTS) is 1. The van der Waals surface area contributed by atoms with Gasteiger partial charge in [-0.05, 0) is 43.5 Å². The topological polar surface area (TPSA) is 53.4 Å². The molecule has 1 amide bonds. The molecule has 1 aromatic heterocycles. The Hall–Kier alpha value is -1.95. The molecule has 2 aromatic rings. The number of aromatic nitrogens is 1. The molecule has 1 aliphatic heterocycles. The van der Waals surface area contributed by atoms with Crippen LogP contribution >= 0.6 is 11.3 Å². The molecule has 1 fully saturated rings. The molecule has 3 rings (SSSR count). The van der Waals surface area contributed by atoms with Crippen LogP contribution < -0.4 is 0 Å². The molecule has 0 radical (unpaired) electrons. The normalized spacial score (nSPS) is 18.7. The van der Waals surface area contributed by atoms with E-state index >= 15 is 0 Å². The maximum atomic E-state index is 12.9. The number of benzene rings is 1. The lowest BCUT2D eigenvalue weighted by Gasteiger charge is -2.32. The molecule has 2 heterocycles. The molecule has 0 unspecified atom stereocenters. The van der Waals surface area contributed by atoms with Crippen molar-refractivity contribution in [2.45, 2.75) is 25.3 Å². The molecule has 0 aliphatic carbocycles. The van der Waals surface area contributed by atoms with Gasteiger partial charge in [0.25, 0.3) is 0 Å². The van der Waals surface area contributed by atoms with Crippen molar-refractivity contribution in [2.24, 2.45) is 0 Å². The summed E-state index contributed by atoms with van der Waals surface area (Å²) in [5.74, 6) is -0.278. The van der Waals surface area contributed by atoms with Crippen molar-refractivity contribution in [1.29, 1.82) is 0 Å². The molecule has 21 heavy (non-hydrogen) atoms. The summed E-state index contributed by atoms with van der Waals surface area (Å²) in [4.78, 5) is 17.3. The Labute approximate surface area is 125 Å². The summed E-state index contributed by atoms with van der Waals surface area (Å²) in [5.41, 5.74) is 1.65. The largest absolute Gasteiger partial charge is 0.465 e. The summed E-state index contributed by atoms with van der Waals surface area (Å²) in [5, 5.41) is 12.0. The number of thiazole rings is 1. The quantitative estimate of drug-likeness (QED) is 0.906. The maximum absolute atomic E-state index is 12.9. The standard InChI is InChI=1S/C15H15FN2O2S/c16-11-6-4-10(5-7-11)14-17-12(9-21-14)13-3-1-2-8-18(13)15(19)20/h4-7,9,13H,1-3,8H2,(H,19,20)/t13-/m1/s1. The number of amides is 1. The Kier molecular flexibility index (Phi) is 3.88. The second-order valence-corrected chi connectivity index (χ2v) is 5.93. The van der Waals surface area contributed by atoms with Gasteiger partial charge in [0.15, 0.2) is 0 Å². The van der Waals surface area contributed by atoms with E-state index < -0.39 is 6.09 Å². The van der Waals surface area contributed by atoms with E-state index in [1.807, 2.05) is 5.38 Å². The first-order valence-corrected chi connectivity index (χ1v) is 7.74. The maximum Gasteiger partial charge on any atom is 0.407 e. The van der Waals surface area contributed by atoms with Gasteiger partial charge in [-0.25, -0.2) is 14.2 Å². The Bertz CT molecular complexity index is 641. The first kappa shape index (κ1) is 14.0. The zero-order valence-corrected chi connectivity index (χ0v) is 12.1. The van der Waals surface area contributed by atoms with Gasteiger partial charge in [0.2, 0.25) is 0 Å². The number of hydrogen-bond donors (Lipinski definition) is 1. The summed E-state index contributed by atoms with van der Waals surface area (Å²) in [6.45, 7) is 0.559. The van der Waals surface area contributed by atoms with E-state index in [-0.39, 0.29) is 11.9 Å². The van der Waals surface area contributed by atoms with E-state index in [4.69, 9.17) is 0 Å². The fraction of sp³-hybridized carbons (Fsp3) is 0.333. The predicted molar refractivity (Wildman–Crippen MR) is 78.8 cm³/mol. The van der Waals surface area contributed by atoms with Crippen LogP contribution in [-0.4, -0.2) is 27.6 Å². The van der Waals surface area contributed by atoms with E-state index in [0.29, 0.717) is 6.54 Å². The molecule has 110 valence electrons. The van der Waals surface area contributed by atoms with E-state index in [1.165, 1.54) is 28.4 Å². The SMILES string of the molecule is O=C(O)N1CCCC[C@@H]1c1csc(-c2ccc(F)cc2)n1. The molecule has 1 aromatic carbocycles. The molecule has 0 saturated carbocycles. The van der Waals surface area contributed by atoms with Crippen molar-refractivity contribution in [2.75, 3.05) is 6.54 Å². The minimum atomic E-state index is -0.893. The number of carbonyl (C=O) groups is 1. The van der Waals surface area contributed by atoms with Crippen LogP contribution in [0.2, 0.25) is 0 Å². The van der Waals surface area contributed by atoms with E-state index in [9.17, 15) is 14.3 Å². The van der Waals surface area contributed by atoms with Crippen LogP contribution in [0.15, 0.2) is 29.6 Å². The first-order chi connectivity index (χ1) is 10.1. The zero-order valence-electron chi connectivity index (χ0n) is 11.3. The van der Waals surface area contributed by atoms with Crippen LogP contribution in [0.25, 0.3) is 10.6 Å². The number of piperidine rings is 1. The van der Waals surface area contributed by atoms with Crippen LogP contribution in [0.5, 0.6) is 0 Å². The number of rotatable bonds is 2. The fourth-order valence-corrected chi connectivity index (χ4v) is 3.50. The van der Waals surface area contributed by atoms with E-state index in [0.717, 1.165) is 35.5 Å². The predicted octanol–water partition coefficient (Wildman–Crippen LogP) is 4.15. The van der Waals surface area contributed by atoms with Gasteiger partial charge in [-0.3, -0.25) is 4.90 Å². The van der Waals surface area contributed by atoms with Crippen molar-refractivity contribution in [3.05, 3.63) is 41.2 Å². The summed E-state index contributed by atoms with van der Waals surface area (Å²) >= 11 is 1.46. The molecule has 1 saturated heterocycles. The second kappa shape index (κ2) is 5.81. The molecular formula is C15H15FN2O2S. The molecule has 6 heteroatoms. The Morgan fingerprint density at radius 3 is 2.81 bits per heavy atom. The van der Waals surface area contributed by atoms with Crippen LogP contribution in [0.1, 0.15) is 31.0 Å². The van der Waals surface area contributed by atoms with Crippen LogP contribution in [0.3, 0.4) is 0 Å². The van der Waals surface area contributed by atoms with Gasteiger partial charge in [0.05, 0.1) is 11.7 Å². The number of nitrogens with zero attached hydrogens (tertiary/aromatic N) is 2. The van der Waals surface area contributed by atoms with Crippen molar-refractivity contribution >= 4 is 17.4 Å². The van der Waals surface area contributed by atoms with Crippen LogP contribution in [0.4, 0.5) is 9.18 Å². The summed E-state index contributed by atoms with van der Waals surface area (Å²) in [6.07, 6.45) is 1.82. The fourth-order valence-electron chi connectivity index (χ4n) is 2.63. The third kappa shape index (κ3) is 2.90. The molecule has 1 N–H and O–H groups in total. The third-order valence-corrected chi connectivity index (χ3v) is 4.61. The van der Waals surface area contributed by atoms with Crippen molar-refractivity contribution in [3.63, 3.8) is 0 Å². The van der Waals surface area contributed by atoms with Gasteiger partial charge < -0.3 is 5.11 Å². The zero-order chi connectivity index (χ0) is 14.8. The van der Waals surface area contributed by atoms with Crippen molar-refractivity contribution in [3.8, 4) is 10.6 Å². The average molecular weight is 306 g/mol. The van der Waals surface area contributed by atoms with Gasteiger partial charge in [-0.15, -0.1) is 11.3 Å². The molecular weight excluding hydrogens is 291 g/mol. The molecule has 1 atom stereocenters. The minimum absolute atomic E-state index is 0.165. The average Bonchev–Trinajstić information content (AvgIpc) is 2.97. The highest BCUT2D eigenvalue weighted by Crippen LogP contribution is 2.34. The Morgan fingerprint density at radius 2 is 2.10 bits per heavy atom. The lowest BCUT2D eigenvalue weighted by molar-refractivity contribution is 0.105.